The van der Waals surface area contributed by atoms with Gasteiger partial charge in [-0.2, -0.15) is 0 Å². The van der Waals surface area contributed by atoms with E-state index in [1.54, 1.807) is 12.1 Å². The van der Waals surface area contributed by atoms with E-state index < -0.39 is 4.92 Å². The largest absolute Gasteiger partial charge is 0.457 e. The maximum atomic E-state index is 10.7. The second-order valence-electron chi connectivity index (χ2n) is 4.37. The maximum absolute atomic E-state index is 10.7. The molecule has 0 aliphatic rings. The second-order valence-corrected chi connectivity index (χ2v) is 4.37. The summed E-state index contributed by atoms with van der Waals surface area (Å²) in [7, 11) is 0. The van der Waals surface area contributed by atoms with Crippen LogP contribution in [0.25, 0.3) is 10.8 Å². The summed E-state index contributed by atoms with van der Waals surface area (Å²) in [6.07, 6.45) is 0. The third-order valence-corrected chi connectivity index (χ3v) is 2.99. The van der Waals surface area contributed by atoms with Crippen LogP contribution < -0.4 is 4.74 Å². The van der Waals surface area contributed by atoms with E-state index >= 15 is 0 Å². The number of nitro groups is 1. The summed E-state index contributed by atoms with van der Waals surface area (Å²) in [5.41, 5.74) is 0.0169. The summed E-state index contributed by atoms with van der Waals surface area (Å²) in [5, 5.41) is 12.9. The Morgan fingerprint density at radius 1 is 0.800 bits per heavy atom. The number of hydrogen-bond acceptors (Lipinski definition) is 3. The predicted molar refractivity (Wildman–Crippen MR) is 77.1 cm³/mol. The van der Waals surface area contributed by atoms with E-state index in [1.807, 2.05) is 42.5 Å². The van der Waals surface area contributed by atoms with Crippen molar-refractivity contribution in [2.24, 2.45) is 0 Å². The first-order valence-electron chi connectivity index (χ1n) is 6.13. The molecule has 0 fully saturated rings. The molecule has 3 aromatic carbocycles. The first-order valence-corrected chi connectivity index (χ1v) is 6.13. The molecular weight excluding hydrogens is 254 g/mol. The number of non-ortho nitro benzene ring substituents is 1. The first kappa shape index (κ1) is 12.2. The highest BCUT2D eigenvalue weighted by molar-refractivity contribution is 5.83. The van der Waals surface area contributed by atoms with Gasteiger partial charge >= 0.3 is 0 Å². The molecule has 3 rings (SSSR count). The van der Waals surface area contributed by atoms with Crippen molar-refractivity contribution in [1.29, 1.82) is 0 Å². The fourth-order valence-electron chi connectivity index (χ4n) is 2.03. The summed E-state index contributed by atoms with van der Waals surface area (Å²) in [4.78, 5) is 10.3. The molecule has 0 saturated carbocycles. The van der Waals surface area contributed by atoms with Gasteiger partial charge in [0.2, 0.25) is 0 Å². The molecule has 0 bridgehead atoms. The Morgan fingerprint density at radius 3 is 2.35 bits per heavy atom. The first-order chi connectivity index (χ1) is 9.72. The molecule has 0 spiro atoms. The number of nitrogens with zero attached hydrogens (tertiary/aromatic N) is 1. The van der Waals surface area contributed by atoms with E-state index in [9.17, 15) is 10.1 Å². The number of fused-ring (bicyclic) bond motifs is 1. The fourth-order valence-corrected chi connectivity index (χ4v) is 2.03. The highest BCUT2D eigenvalue weighted by atomic mass is 16.6. The molecule has 4 nitrogen and oxygen atoms in total. The van der Waals surface area contributed by atoms with Gasteiger partial charge in [-0.05, 0) is 29.0 Å². The number of ether oxygens (including phenoxy) is 1. The van der Waals surface area contributed by atoms with Gasteiger partial charge in [-0.15, -0.1) is 0 Å². The van der Waals surface area contributed by atoms with Crippen LogP contribution in [0.1, 0.15) is 0 Å². The summed E-state index contributed by atoms with van der Waals surface area (Å²) in [5.74, 6) is 1.11. The quantitative estimate of drug-likeness (QED) is 0.516. The van der Waals surface area contributed by atoms with Crippen LogP contribution in [-0.2, 0) is 0 Å². The van der Waals surface area contributed by atoms with Crippen LogP contribution in [0.2, 0.25) is 0 Å². The minimum absolute atomic E-state index is 0.0169. The number of hydrogen-bond donors (Lipinski definition) is 0. The van der Waals surface area contributed by atoms with Crippen LogP contribution >= 0.6 is 0 Å². The molecule has 0 radical (unpaired) electrons. The van der Waals surface area contributed by atoms with Gasteiger partial charge in [0.15, 0.2) is 0 Å². The molecule has 98 valence electrons. The highest BCUT2D eigenvalue weighted by Crippen LogP contribution is 2.27. The Labute approximate surface area is 115 Å². The van der Waals surface area contributed by atoms with Crippen molar-refractivity contribution in [2.75, 3.05) is 0 Å². The van der Waals surface area contributed by atoms with Crippen LogP contribution in [0.5, 0.6) is 11.5 Å². The van der Waals surface area contributed by atoms with Gasteiger partial charge in [0.1, 0.15) is 11.5 Å². The van der Waals surface area contributed by atoms with Crippen molar-refractivity contribution < 1.29 is 9.66 Å². The van der Waals surface area contributed by atoms with Gasteiger partial charge in [-0.1, -0.05) is 36.4 Å². The Balaban J connectivity index is 1.92. The molecule has 3 aromatic rings. The van der Waals surface area contributed by atoms with Crippen molar-refractivity contribution in [3.8, 4) is 11.5 Å². The van der Waals surface area contributed by atoms with Gasteiger partial charge in [-0.25, -0.2) is 0 Å². The molecular formula is C16H11NO3. The Kier molecular flexibility index (Phi) is 3.05. The average molecular weight is 265 g/mol. The molecule has 4 heteroatoms. The second kappa shape index (κ2) is 5.01. The Bertz CT molecular complexity index is 783. The lowest BCUT2D eigenvalue weighted by Crippen LogP contribution is -1.89. The van der Waals surface area contributed by atoms with E-state index in [1.165, 1.54) is 12.1 Å². The molecule has 0 saturated heterocycles. The summed E-state index contributed by atoms with van der Waals surface area (Å²) in [6, 6.07) is 19.8. The van der Waals surface area contributed by atoms with E-state index in [0.29, 0.717) is 11.5 Å². The van der Waals surface area contributed by atoms with Crippen molar-refractivity contribution in [3.05, 3.63) is 76.8 Å². The predicted octanol–water partition coefficient (Wildman–Crippen LogP) is 4.54. The smallest absolute Gasteiger partial charge is 0.273 e. The van der Waals surface area contributed by atoms with Crippen molar-refractivity contribution in [3.63, 3.8) is 0 Å². The van der Waals surface area contributed by atoms with E-state index in [2.05, 4.69) is 0 Å². The third-order valence-electron chi connectivity index (χ3n) is 2.99. The van der Waals surface area contributed by atoms with Gasteiger partial charge in [0.05, 0.1) is 11.0 Å². The zero-order chi connectivity index (χ0) is 13.9. The van der Waals surface area contributed by atoms with Crippen LogP contribution in [-0.4, -0.2) is 4.92 Å². The van der Waals surface area contributed by atoms with Gasteiger partial charge in [0.25, 0.3) is 5.69 Å². The lowest BCUT2D eigenvalue weighted by atomic mass is 10.1. The van der Waals surface area contributed by atoms with Gasteiger partial charge < -0.3 is 4.74 Å². The lowest BCUT2D eigenvalue weighted by Gasteiger charge is -2.06. The number of nitro benzene ring substituents is 1. The molecule has 0 aliphatic carbocycles. The Hall–Kier alpha value is -2.88. The van der Waals surface area contributed by atoms with Crippen molar-refractivity contribution >= 4 is 16.5 Å². The average Bonchev–Trinajstić information content (AvgIpc) is 2.47. The highest BCUT2D eigenvalue weighted by Gasteiger charge is 2.07. The normalized spacial score (nSPS) is 10.4. The van der Waals surface area contributed by atoms with Crippen LogP contribution in [0.3, 0.4) is 0 Å². The maximum Gasteiger partial charge on any atom is 0.273 e. The summed E-state index contributed by atoms with van der Waals surface area (Å²) >= 11 is 0. The molecule has 0 atom stereocenters. The fraction of sp³-hybridized carbons (Fsp3) is 0. The summed E-state index contributed by atoms with van der Waals surface area (Å²) in [6.45, 7) is 0. The van der Waals surface area contributed by atoms with E-state index in [0.717, 1.165) is 10.8 Å². The Morgan fingerprint density at radius 2 is 1.55 bits per heavy atom. The zero-order valence-electron chi connectivity index (χ0n) is 10.5. The SMILES string of the molecule is O=[N+]([O-])c1cccc(Oc2ccc3ccccc3c2)c1. The lowest BCUT2D eigenvalue weighted by molar-refractivity contribution is -0.384. The van der Waals surface area contributed by atoms with E-state index in [4.69, 9.17) is 4.74 Å². The standard InChI is InChI=1S/C16H11NO3/c18-17(19)14-6-3-7-15(11-14)20-16-9-8-12-4-1-2-5-13(12)10-16/h1-11H. The van der Waals surface area contributed by atoms with Crippen molar-refractivity contribution in [1.82, 2.24) is 0 Å². The van der Waals surface area contributed by atoms with Crippen LogP contribution in [0, 0.1) is 10.1 Å². The molecule has 0 N–H and O–H groups in total. The van der Waals surface area contributed by atoms with Crippen LogP contribution in [0.15, 0.2) is 66.7 Å². The van der Waals surface area contributed by atoms with Crippen LogP contribution in [0.4, 0.5) is 5.69 Å². The molecule has 20 heavy (non-hydrogen) atoms. The van der Waals surface area contributed by atoms with Crippen molar-refractivity contribution in [2.45, 2.75) is 0 Å². The van der Waals surface area contributed by atoms with Gasteiger partial charge in [-0.3, -0.25) is 10.1 Å². The minimum Gasteiger partial charge on any atom is -0.457 e. The van der Waals surface area contributed by atoms with Gasteiger partial charge in [0, 0.05) is 6.07 Å². The molecule has 0 aliphatic heterocycles. The third kappa shape index (κ3) is 2.44. The molecule has 0 aromatic heterocycles. The topological polar surface area (TPSA) is 52.4 Å². The molecule has 0 unspecified atom stereocenters. The van der Waals surface area contributed by atoms with E-state index in [-0.39, 0.29) is 5.69 Å². The zero-order valence-corrected chi connectivity index (χ0v) is 10.5. The monoisotopic (exact) mass is 265 g/mol. The number of rotatable bonds is 3. The summed E-state index contributed by atoms with van der Waals surface area (Å²) < 4.78 is 5.67. The number of benzene rings is 3. The minimum atomic E-state index is -0.437. The molecule has 0 amide bonds. The molecule has 0 heterocycles.